The van der Waals surface area contributed by atoms with E-state index in [0.29, 0.717) is 6.26 Å². The molecule has 0 aromatic rings. The molecule has 0 unspecified atom stereocenters. The molecule has 0 rings (SSSR count). The Hall–Kier alpha value is -0.220. The monoisotopic (exact) mass is 191 g/mol. The molecule has 0 aromatic carbocycles. The van der Waals surface area contributed by atoms with E-state index in [2.05, 4.69) is 0 Å². The summed E-state index contributed by atoms with van der Waals surface area (Å²) in [6.45, 7) is 0. The van der Waals surface area contributed by atoms with Crippen LogP contribution in [0.4, 0.5) is 0 Å². The van der Waals surface area contributed by atoms with Gasteiger partial charge in [0.05, 0.1) is 10.1 Å². The van der Waals surface area contributed by atoms with Crippen LogP contribution < -0.4 is 0 Å². The fourth-order valence-corrected chi connectivity index (χ4v) is 0. The van der Waals surface area contributed by atoms with Crippen molar-refractivity contribution in [1.82, 2.24) is 0 Å². The van der Waals surface area contributed by atoms with Crippen LogP contribution in [-0.4, -0.2) is 36.7 Å². The van der Waals surface area contributed by atoms with Gasteiger partial charge in [-0.25, -0.2) is 8.42 Å². The van der Waals surface area contributed by atoms with Crippen LogP contribution in [0.1, 0.15) is 0 Å². The third-order valence-electron chi connectivity index (χ3n) is 0. The molecule has 0 N–H and O–H groups in total. The van der Waals surface area contributed by atoms with Gasteiger partial charge in [-0.05, 0) is 0 Å². The molecule has 0 aliphatic heterocycles. The van der Waals surface area contributed by atoms with E-state index in [4.69, 9.17) is 30.5 Å². The first kappa shape index (κ1) is 12.5. The van der Waals surface area contributed by atoms with Crippen molar-refractivity contribution >= 4 is 20.5 Å². The summed E-state index contributed by atoms with van der Waals surface area (Å²) in [6.07, 6.45) is 0.604. The summed E-state index contributed by atoms with van der Waals surface area (Å²) < 4.78 is 61.3. The Morgan fingerprint density at radius 1 is 0.900 bits per heavy atom. The molecule has 0 aromatic heterocycles. The third-order valence-corrected chi connectivity index (χ3v) is 0. The van der Waals surface area contributed by atoms with E-state index < -0.39 is 20.5 Å². The highest BCUT2D eigenvalue weighted by Gasteiger charge is 1.65. The predicted octanol–water partition coefficient (Wildman–Crippen LogP) is -2.18. The zero-order chi connectivity index (χ0) is 9.00. The van der Waals surface area contributed by atoms with Crippen molar-refractivity contribution in [3.63, 3.8) is 0 Å². The number of hydrogen-bond donors (Lipinski definition) is 0. The Labute approximate surface area is 58.0 Å². The largest absolute Gasteiger partial charge is 0.759 e. The second-order valence-electron chi connectivity index (χ2n) is 1.11. The van der Waals surface area contributed by atoms with Crippen molar-refractivity contribution in [2.75, 3.05) is 6.26 Å². The predicted molar refractivity (Wildman–Crippen MR) is 26.1 cm³/mol. The van der Waals surface area contributed by atoms with Gasteiger partial charge in [-0.1, -0.05) is 0 Å². The molecule has 0 bridgehead atoms. The first-order chi connectivity index (χ1) is 4.00. The fourth-order valence-electron chi connectivity index (χ4n) is 0. The molecule has 9 heteroatoms. The van der Waals surface area contributed by atoms with Gasteiger partial charge in [-0.3, -0.25) is 8.42 Å². The summed E-state index contributed by atoms with van der Waals surface area (Å²) in [6, 6.07) is 0. The van der Waals surface area contributed by atoms with Crippen molar-refractivity contribution in [1.29, 1.82) is 0 Å². The zero-order valence-corrected chi connectivity index (χ0v) is 6.31. The van der Waals surface area contributed by atoms with Gasteiger partial charge in [0, 0.05) is 16.7 Å². The zero-order valence-electron chi connectivity index (χ0n) is 4.67. The summed E-state index contributed by atoms with van der Waals surface area (Å²) in [5.41, 5.74) is 0. The lowest BCUT2D eigenvalue weighted by molar-refractivity contribution is 0.352. The minimum absolute atomic E-state index is 0.604. The van der Waals surface area contributed by atoms with E-state index in [0.717, 1.165) is 0 Å². The Kier molecular flexibility index (Phi) is 4.77. The van der Waals surface area contributed by atoms with Crippen LogP contribution >= 0.6 is 0 Å². The molecule has 0 aliphatic carbocycles. The van der Waals surface area contributed by atoms with Gasteiger partial charge in [-0.15, -0.1) is 0 Å². The molecule has 0 heterocycles. The lowest BCUT2D eigenvalue weighted by Crippen LogP contribution is -1.91. The SMILES string of the molecule is CS(=O)(=O)[O-].O=S(=O)([O-])[O-]. The highest BCUT2D eigenvalue weighted by atomic mass is 32.3. The van der Waals surface area contributed by atoms with Crippen molar-refractivity contribution in [3.8, 4) is 0 Å². The highest BCUT2D eigenvalue weighted by molar-refractivity contribution is 7.84. The fraction of sp³-hybridized carbons (Fsp3) is 1.00. The quantitative estimate of drug-likeness (QED) is 0.313. The Balaban J connectivity index is 0. The topological polar surface area (TPSA) is 137 Å². The molecule has 0 saturated carbocycles. The van der Waals surface area contributed by atoms with Crippen molar-refractivity contribution in [2.24, 2.45) is 0 Å². The number of hydrogen-bond acceptors (Lipinski definition) is 7. The van der Waals surface area contributed by atoms with Crippen molar-refractivity contribution in [3.05, 3.63) is 0 Å². The molecule has 0 saturated heterocycles. The molecular formula is CH3O7S2-3. The maximum Gasteiger partial charge on any atom is 0.0916 e. The van der Waals surface area contributed by atoms with E-state index in [1.54, 1.807) is 0 Å². The summed E-state index contributed by atoms with van der Waals surface area (Å²) in [5, 5.41) is 0. The third kappa shape index (κ3) is 7390. The number of rotatable bonds is 0. The Morgan fingerprint density at radius 3 is 0.900 bits per heavy atom. The minimum Gasteiger partial charge on any atom is -0.759 e. The van der Waals surface area contributed by atoms with Crippen LogP contribution in [0.3, 0.4) is 0 Å². The van der Waals surface area contributed by atoms with Crippen molar-refractivity contribution < 1.29 is 30.5 Å². The van der Waals surface area contributed by atoms with Gasteiger partial charge in [-0.2, -0.15) is 0 Å². The molecule has 0 atom stereocenters. The maximum absolute atomic E-state index is 9.08. The molecular weight excluding hydrogens is 188 g/mol. The second-order valence-corrected chi connectivity index (χ2v) is 3.34. The van der Waals surface area contributed by atoms with Gasteiger partial charge >= 0.3 is 0 Å². The van der Waals surface area contributed by atoms with Crippen LogP contribution in [-0.2, 0) is 20.5 Å². The lowest BCUT2D eigenvalue weighted by Gasteiger charge is -2.06. The minimum atomic E-state index is -5.17. The molecule has 0 radical (unpaired) electrons. The summed E-state index contributed by atoms with van der Waals surface area (Å²) >= 11 is 0. The highest BCUT2D eigenvalue weighted by Crippen LogP contribution is 1.59. The lowest BCUT2D eigenvalue weighted by atomic mass is 12.0. The molecule has 10 heavy (non-hydrogen) atoms. The molecule has 0 fully saturated rings. The molecule has 7 nitrogen and oxygen atoms in total. The first-order valence-corrected chi connectivity index (χ1v) is 4.72. The Morgan fingerprint density at radius 2 is 0.900 bits per heavy atom. The molecule has 0 aliphatic rings. The second kappa shape index (κ2) is 3.83. The average Bonchev–Trinajstić information content (AvgIpc) is 1.12. The van der Waals surface area contributed by atoms with E-state index in [9.17, 15) is 0 Å². The van der Waals surface area contributed by atoms with Gasteiger partial charge in [0.2, 0.25) is 0 Å². The van der Waals surface area contributed by atoms with E-state index in [1.165, 1.54) is 0 Å². The standard InChI is InChI=1S/CH4O3S.H2O4S/c2*1-5(2,3)4/h1H3,(H,2,3,4);(H2,1,2,3,4)/p-3. The van der Waals surface area contributed by atoms with Crippen LogP contribution in [0, 0.1) is 0 Å². The molecule has 0 spiro atoms. The van der Waals surface area contributed by atoms with Crippen LogP contribution in [0.15, 0.2) is 0 Å². The van der Waals surface area contributed by atoms with Crippen LogP contribution in [0.25, 0.3) is 0 Å². The van der Waals surface area contributed by atoms with Crippen LogP contribution in [0.2, 0.25) is 0 Å². The normalized spacial score (nSPS) is 11.6. The summed E-state index contributed by atoms with van der Waals surface area (Å²) in [4.78, 5) is 0. The smallest absolute Gasteiger partial charge is 0.0916 e. The van der Waals surface area contributed by atoms with Gasteiger partial charge in [0.25, 0.3) is 0 Å². The summed E-state index contributed by atoms with van der Waals surface area (Å²) in [5.74, 6) is 0. The van der Waals surface area contributed by atoms with Gasteiger partial charge in [0.15, 0.2) is 0 Å². The Bertz CT molecular complexity index is 208. The molecule has 64 valence electrons. The van der Waals surface area contributed by atoms with Crippen molar-refractivity contribution in [2.45, 2.75) is 0 Å². The summed E-state index contributed by atoms with van der Waals surface area (Å²) in [7, 11) is -9.08. The van der Waals surface area contributed by atoms with Gasteiger partial charge < -0.3 is 13.7 Å². The maximum atomic E-state index is 9.08. The van der Waals surface area contributed by atoms with Crippen LogP contribution in [0.5, 0.6) is 0 Å². The van der Waals surface area contributed by atoms with Gasteiger partial charge in [0.1, 0.15) is 0 Å². The van der Waals surface area contributed by atoms with E-state index in [1.807, 2.05) is 0 Å². The average molecular weight is 191 g/mol. The molecule has 0 amide bonds. The van der Waals surface area contributed by atoms with E-state index >= 15 is 0 Å². The van der Waals surface area contributed by atoms with E-state index in [-0.39, 0.29) is 0 Å². The first-order valence-electron chi connectivity index (χ1n) is 1.57.